The Morgan fingerprint density at radius 3 is 2.54 bits per heavy atom. The van der Waals surface area contributed by atoms with Gasteiger partial charge < -0.3 is 4.90 Å². The van der Waals surface area contributed by atoms with Crippen LogP contribution in [0.2, 0.25) is 0 Å². The Bertz CT molecular complexity index is 141. The summed E-state index contributed by atoms with van der Waals surface area (Å²) >= 11 is 0. The molecule has 2 heteroatoms. The van der Waals surface area contributed by atoms with Crippen molar-refractivity contribution >= 4 is 0 Å². The van der Waals surface area contributed by atoms with Crippen molar-refractivity contribution in [1.29, 1.82) is 0 Å². The van der Waals surface area contributed by atoms with E-state index in [4.69, 9.17) is 0 Å². The van der Waals surface area contributed by atoms with Gasteiger partial charge in [0, 0.05) is 19.1 Å². The van der Waals surface area contributed by atoms with E-state index >= 15 is 0 Å². The molecule has 1 aliphatic heterocycles. The molecule has 0 saturated carbocycles. The molecule has 1 atom stereocenters. The van der Waals surface area contributed by atoms with E-state index in [2.05, 4.69) is 37.6 Å². The molecule has 0 amide bonds. The highest BCUT2D eigenvalue weighted by Gasteiger charge is 2.26. The van der Waals surface area contributed by atoms with Crippen LogP contribution in [0.15, 0.2) is 0 Å². The molecule has 2 nitrogen and oxygen atoms in total. The van der Waals surface area contributed by atoms with E-state index in [1.807, 2.05) is 0 Å². The fourth-order valence-corrected chi connectivity index (χ4v) is 1.85. The third-order valence-electron chi connectivity index (χ3n) is 3.18. The highest BCUT2D eigenvalue weighted by molar-refractivity contribution is 4.81. The van der Waals surface area contributed by atoms with Gasteiger partial charge in [-0.3, -0.25) is 4.90 Å². The highest BCUT2D eigenvalue weighted by Crippen LogP contribution is 2.19. The first-order valence-electron chi connectivity index (χ1n) is 5.56. The van der Waals surface area contributed by atoms with Crippen LogP contribution in [0.25, 0.3) is 0 Å². The quantitative estimate of drug-likeness (QED) is 0.641. The van der Waals surface area contributed by atoms with E-state index in [1.54, 1.807) is 0 Å². The normalized spacial score (nSPS) is 21.9. The Morgan fingerprint density at radius 1 is 1.46 bits per heavy atom. The topological polar surface area (TPSA) is 6.48 Å². The molecule has 0 bridgehead atoms. The lowest BCUT2D eigenvalue weighted by atomic mass is 9.99. The minimum atomic E-state index is 0.783. The molecule has 0 aliphatic carbocycles. The van der Waals surface area contributed by atoms with Gasteiger partial charge in [0.05, 0.1) is 0 Å². The number of likely N-dealkylation sites (tertiary alicyclic amines) is 1. The lowest BCUT2D eigenvalue weighted by Gasteiger charge is -2.42. The van der Waals surface area contributed by atoms with Crippen LogP contribution in [-0.2, 0) is 0 Å². The summed E-state index contributed by atoms with van der Waals surface area (Å²) in [6, 6.07) is 0.783. The molecule has 0 aromatic rings. The molecule has 0 aromatic heterocycles. The van der Waals surface area contributed by atoms with E-state index in [0.29, 0.717) is 0 Å². The van der Waals surface area contributed by atoms with E-state index in [0.717, 1.165) is 12.0 Å². The van der Waals surface area contributed by atoms with Crippen molar-refractivity contribution in [2.75, 3.05) is 33.2 Å². The summed E-state index contributed by atoms with van der Waals surface area (Å²) in [5, 5.41) is 0. The maximum atomic E-state index is 2.59. The van der Waals surface area contributed by atoms with Gasteiger partial charge in [-0.2, -0.15) is 0 Å². The molecule has 0 spiro atoms. The van der Waals surface area contributed by atoms with Crippen molar-refractivity contribution in [1.82, 2.24) is 9.80 Å². The molecule has 1 heterocycles. The summed E-state index contributed by atoms with van der Waals surface area (Å²) in [7, 11) is 2.20. The van der Waals surface area contributed by atoms with Crippen LogP contribution in [0, 0.1) is 5.92 Å². The summed E-state index contributed by atoms with van der Waals surface area (Å²) < 4.78 is 0. The Balaban J connectivity index is 2.07. The molecular formula is C11H24N2. The van der Waals surface area contributed by atoms with Crippen molar-refractivity contribution in [3.8, 4) is 0 Å². The summed E-state index contributed by atoms with van der Waals surface area (Å²) in [6.45, 7) is 12.0. The molecule has 0 aromatic carbocycles. The van der Waals surface area contributed by atoms with Crippen molar-refractivity contribution < 1.29 is 0 Å². The van der Waals surface area contributed by atoms with Gasteiger partial charge in [-0.05, 0) is 39.4 Å². The lowest BCUT2D eigenvalue weighted by Crippen LogP contribution is -2.50. The van der Waals surface area contributed by atoms with Crippen LogP contribution in [-0.4, -0.2) is 49.1 Å². The fraction of sp³-hybridized carbons (Fsp3) is 1.00. The zero-order chi connectivity index (χ0) is 9.84. The largest absolute Gasteiger partial charge is 0.307 e. The monoisotopic (exact) mass is 184 g/mol. The number of rotatable bonds is 5. The molecule has 13 heavy (non-hydrogen) atoms. The molecular weight excluding hydrogens is 160 g/mol. The fourth-order valence-electron chi connectivity index (χ4n) is 1.85. The van der Waals surface area contributed by atoms with Crippen LogP contribution in [0.5, 0.6) is 0 Å². The molecule has 0 N–H and O–H groups in total. The molecule has 1 saturated heterocycles. The number of hydrogen-bond acceptors (Lipinski definition) is 2. The van der Waals surface area contributed by atoms with Gasteiger partial charge in [-0.1, -0.05) is 13.8 Å². The summed E-state index contributed by atoms with van der Waals surface area (Å²) in [5.74, 6) is 0.936. The van der Waals surface area contributed by atoms with Gasteiger partial charge in [0.1, 0.15) is 0 Å². The third kappa shape index (κ3) is 3.28. The number of nitrogens with zero attached hydrogens (tertiary/aromatic N) is 2. The van der Waals surface area contributed by atoms with Gasteiger partial charge in [0.2, 0.25) is 0 Å². The molecule has 1 rings (SSSR count). The third-order valence-corrected chi connectivity index (χ3v) is 3.18. The van der Waals surface area contributed by atoms with Gasteiger partial charge in [0.25, 0.3) is 0 Å². The summed E-state index contributed by atoms with van der Waals surface area (Å²) in [4.78, 5) is 4.98. The SMILES string of the molecule is CCN(C)CCC(C)N1CC(C)C1. The summed E-state index contributed by atoms with van der Waals surface area (Å²) in [5.41, 5.74) is 0. The van der Waals surface area contributed by atoms with Crippen molar-refractivity contribution in [3.05, 3.63) is 0 Å². The standard InChI is InChI=1S/C11H24N2/c1-5-12(4)7-6-11(3)13-8-10(2)9-13/h10-11H,5-9H2,1-4H3. The van der Waals surface area contributed by atoms with Crippen molar-refractivity contribution in [3.63, 3.8) is 0 Å². The van der Waals surface area contributed by atoms with Crippen molar-refractivity contribution in [2.45, 2.75) is 33.2 Å². The lowest BCUT2D eigenvalue weighted by molar-refractivity contribution is 0.0623. The minimum absolute atomic E-state index is 0.783. The van der Waals surface area contributed by atoms with Crippen LogP contribution in [0.4, 0.5) is 0 Å². The molecule has 1 fully saturated rings. The van der Waals surface area contributed by atoms with Gasteiger partial charge in [-0.25, -0.2) is 0 Å². The number of hydrogen-bond donors (Lipinski definition) is 0. The second-order valence-corrected chi connectivity index (χ2v) is 4.59. The average Bonchev–Trinajstić information content (AvgIpc) is 2.08. The first-order chi connectivity index (χ1) is 6.13. The van der Waals surface area contributed by atoms with Crippen molar-refractivity contribution in [2.24, 2.45) is 5.92 Å². The second-order valence-electron chi connectivity index (χ2n) is 4.59. The predicted octanol–water partition coefficient (Wildman–Crippen LogP) is 1.67. The first-order valence-corrected chi connectivity index (χ1v) is 5.56. The van der Waals surface area contributed by atoms with Crippen LogP contribution in [0.3, 0.4) is 0 Å². The maximum Gasteiger partial charge on any atom is 0.00793 e. The van der Waals surface area contributed by atoms with Gasteiger partial charge >= 0.3 is 0 Å². The Morgan fingerprint density at radius 2 is 2.08 bits per heavy atom. The van der Waals surface area contributed by atoms with Gasteiger partial charge in [-0.15, -0.1) is 0 Å². The Hall–Kier alpha value is -0.0800. The van der Waals surface area contributed by atoms with E-state index in [9.17, 15) is 0 Å². The van der Waals surface area contributed by atoms with E-state index in [1.165, 1.54) is 32.6 Å². The summed E-state index contributed by atoms with van der Waals surface area (Å²) in [6.07, 6.45) is 1.32. The minimum Gasteiger partial charge on any atom is -0.307 e. The molecule has 1 aliphatic rings. The maximum absolute atomic E-state index is 2.59. The van der Waals surface area contributed by atoms with Crippen LogP contribution in [0.1, 0.15) is 27.2 Å². The zero-order valence-corrected chi connectivity index (χ0v) is 9.58. The molecule has 1 unspecified atom stereocenters. The first kappa shape index (κ1) is 11.0. The Kier molecular flexibility index (Phi) is 4.20. The Labute approximate surface area is 82.9 Å². The van der Waals surface area contributed by atoms with E-state index < -0.39 is 0 Å². The smallest absolute Gasteiger partial charge is 0.00793 e. The highest BCUT2D eigenvalue weighted by atomic mass is 15.2. The zero-order valence-electron chi connectivity index (χ0n) is 9.58. The van der Waals surface area contributed by atoms with Gasteiger partial charge in [0.15, 0.2) is 0 Å². The van der Waals surface area contributed by atoms with Crippen LogP contribution < -0.4 is 0 Å². The second kappa shape index (κ2) is 4.97. The van der Waals surface area contributed by atoms with E-state index in [-0.39, 0.29) is 0 Å². The molecule has 78 valence electrons. The molecule has 0 radical (unpaired) electrons. The predicted molar refractivity (Wildman–Crippen MR) is 58.0 cm³/mol. The van der Waals surface area contributed by atoms with Crippen LogP contribution >= 0.6 is 0 Å². The average molecular weight is 184 g/mol.